The maximum atomic E-state index is 13.8. The summed E-state index contributed by atoms with van der Waals surface area (Å²) in [5, 5.41) is 0. The molecule has 1 aromatic heterocycles. The van der Waals surface area contributed by atoms with Crippen LogP contribution in [0, 0.1) is 5.82 Å². The average molecular weight is 356 g/mol. The molecule has 2 aliphatic heterocycles. The number of piperidine rings is 2. The number of para-hydroxylation sites is 1. The fourth-order valence-electron chi connectivity index (χ4n) is 3.94. The second-order valence-corrected chi connectivity index (χ2v) is 7.06. The molecule has 0 aliphatic carbocycles. The number of benzene rings is 1. The SMILES string of the molecule is Fc1ccccc1Oc1cc(N2CCC(N3CCCCC3)CC2)ncn1. The standard InChI is InChI=1S/C20H25FN4O/c21-17-6-2-3-7-18(17)26-20-14-19(22-15-23-20)25-12-8-16(9-13-25)24-10-4-1-5-11-24/h2-3,6-7,14-16H,1,4-5,8-13H2. The van der Waals surface area contributed by atoms with Gasteiger partial charge in [-0.15, -0.1) is 0 Å². The van der Waals surface area contributed by atoms with Gasteiger partial charge in [-0.2, -0.15) is 0 Å². The van der Waals surface area contributed by atoms with E-state index in [1.54, 1.807) is 24.3 Å². The first-order chi connectivity index (χ1) is 12.8. The van der Waals surface area contributed by atoms with Crippen molar-refractivity contribution in [2.24, 2.45) is 0 Å². The first-order valence-electron chi connectivity index (χ1n) is 9.53. The summed E-state index contributed by atoms with van der Waals surface area (Å²) in [6.07, 6.45) is 7.86. The molecule has 2 aliphatic rings. The van der Waals surface area contributed by atoms with Gasteiger partial charge in [-0.3, -0.25) is 0 Å². The molecule has 0 N–H and O–H groups in total. The molecule has 5 nitrogen and oxygen atoms in total. The van der Waals surface area contributed by atoms with E-state index in [4.69, 9.17) is 4.74 Å². The maximum Gasteiger partial charge on any atom is 0.224 e. The molecule has 2 saturated heterocycles. The third kappa shape index (κ3) is 3.96. The summed E-state index contributed by atoms with van der Waals surface area (Å²) in [4.78, 5) is 13.5. The number of hydrogen-bond acceptors (Lipinski definition) is 5. The van der Waals surface area contributed by atoms with E-state index in [9.17, 15) is 4.39 Å². The van der Waals surface area contributed by atoms with E-state index in [0.717, 1.165) is 31.7 Å². The number of aromatic nitrogens is 2. The molecule has 2 fully saturated rings. The highest BCUT2D eigenvalue weighted by molar-refractivity contribution is 5.42. The van der Waals surface area contributed by atoms with Crippen molar-refractivity contribution in [1.82, 2.24) is 14.9 Å². The molecule has 0 saturated carbocycles. The zero-order chi connectivity index (χ0) is 17.8. The van der Waals surface area contributed by atoms with Crippen molar-refractivity contribution >= 4 is 5.82 Å². The van der Waals surface area contributed by atoms with Gasteiger partial charge in [0.05, 0.1) is 0 Å². The van der Waals surface area contributed by atoms with Gasteiger partial charge in [0.2, 0.25) is 5.88 Å². The molecule has 0 spiro atoms. The average Bonchev–Trinajstić information content (AvgIpc) is 2.71. The monoisotopic (exact) mass is 356 g/mol. The summed E-state index contributed by atoms with van der Waals surface area (Å²) in [7, 11) is 0. The van der Waals surface area contributed by atoms with Gasteiger partial charge >= 0.3 is 0 Å². The lowest BCUT2D eigenvalue weighted by molar-refractivity contribution is 0.141. The fraction of sp³-hybridized carbons (Fsp3) is 0.500. The highest BCUT2D eigenvalue weighted by Crippen LogP contribution is 2.27. The number of ether oxygens (including phenoxy) is 1. The Bertz CT molecular complexity index is 727. The Kier molecular flexibility index (Phi) is 5.29. The van der Waals surface area contributed by atoms with Gasteiger partial charge < -0.3 is 14.5 Å². The molecule has 4 rings (SSSR count). The van der Waals surface area contributed by atoms with Crippen LogP contribution in [-0.2, 0) is 0 Å². The maximum absolute atomic E-state index is 13.8. The van der Waals surface area contributed by atoms with Gasteiger partial charge in [0.1, 0.15) is 12.1 Å². The van der Waals surface area contributed by atoms with Crippen LogP contribution in [0.2, 0.25) is 0 Å². The van der Waals surface area contributed by atoms with Crippen molar-refractivity contribution in [3.8, 4) is 11.6 Å². The largest absolute Gasteiger partial charge is 0.436 e. The highest BCUT2D eigenvalue weighted by Gasteiger charge is 2.26. The Morgan fingerprint density at radius 3 is 2.50 bits per heavy atom. The molecular formula is C20H25FN4O. The van der Waals surface area contributed by atoms with Gasteiger partial charge in [0.25, 0.3) is 0 Å². The minimum Gasteiger partial charge on any atom is -0.436 e. The van der Waals surface area contributed by atoms with Gasteiger partial charge in [0, 0.05) is 25.2 Å². The lowest BCUT2D eigenvalue weighted by atomic mass is 10.00. The molecule has 1 aromatic carbocycles. The van der Waals surface area contributed by atoms with E-state index in [2.05, 4.69) is 19.8 Å². The van der Waals surface area contributed by atoms with Crippen LogP contribution in [0.25, 0.3) is 0 Å². The molecular weight excluding hydrogens is 331 g/mol. The zero-order valence-electron chi connectivity index (χ0n) is 15.0. The van der Waals surface area contributed by atoms with Crippen LogP contribution in [0.3, 0.4) is 0 Å². The molecule has 6 heteroatoms. The Hall–Kier alpha value is -2.21. The lowest BCUT2D eigenvalue weighted by Gasteiger charge is -2.40. The number of halogens is 1. The molecule has 3 heterocycles. The van der Waals surface area contributed by atoms with Crippen LogP contribution < -0.4 is 9.64 Å². The zero-order valence-corrected chi connectivity index (χ0v) is 15.0. The van der Waals surface area contributed by atoms with Crippen molar-refractivity contribution in [1.29, 1.82) is 0 Å². The number of hydrogen-bond donors (Lipinski definition) is 0. The Balaban J connectivity index is 1.39. The summed E-state index contributed by atoms with van der Waals surface area (Å²) >= 11 is 0. The molecule has 0 radical (unpaired) electrons. The Morgan fingerprint density at radius 1 is 0.962 bits per heavy atom. The van der Waals surface area contributed by atoms with Crippen LogP contribution in [-0.4, -0.2) is 47.1 Å². The molecule has 26 heavy (non-hydrogen) atoms. The van der Waals surface area contributed by atoms with Crippen LogP contribution in [0.4, 0.5) is 10.2 Å². The van der Waals surface area contributed by atoms with Crippen LogP contribution in [0.15, 0.2) is 36.7 Å². The van der Waals surface area contributed by atoms with Crippen molar-refractivity contribution in [3.63, 3.8) is 0 Å². The topological polar surface area (TPSA) is 41.5 Å². The minimum atomic E-state index is -0.394. The third-order valence-electron chi connectivity index (χ3n) is 5.37. The summed E-state index contributed by atoms with van der Waals surface area (Å²) < 4.78 is 19.4. The summed E-state index contributed by atoms with van der Waals surface area (Å²) in [6.45, 7) is 4.46. The normalized spacial score (nSPS) is 19.5. The number of anilines is 1. The Morgan fingerprint density at radius 2 is 1.73 bits per heavy atom. The quantitative estimate of drug-likeness (QED) is 0.832. The second-order valence-electron chi connectivity index (χ2n) is 7.06. The molecule has 0 unspecified atom stereocenters. The van der Waals surface area contributed by atoms with E-state index in [1.807, 2.05) is 0 Å². The molecule has 0 atom stereocenters. The third-order valence-corrected chi connectivity index (χ3v) is 5.37. The van der Waals surface area contributed by atoms with Crippen molar-refractivity contribution in [2.45, 2.75) is 38.1 Å². The molecule has 138 valence electrons. The molecule has 2 aromatic rings. The van der Waals surface area contributed by atoms with Crippen LogP contribution in [0.1, 0.15) is 32.1 Å². The smallest absolute Gasteiger partial charge is 0.224 e. The predicted octanol–water partition coefficient (Wildman–Crippen LogP) is 3.86. The van der Waals surface area contributed by atoms with Gasteiger partial charge in [-0.1, -0.05) is 18.6 Å². The van der Waals surface area contributed by atoms with Gasteiger partial charge in [-0.05, 0) is 50.9 Å². The second kappa shape index (κ2) is 7.99. The number of rotatable bonds is 4. The number of likely N-dealkylation sites (tertiary alicyclic amines) is 1. The molecule has 0 amide bonds. The van der Waals surface area contributed by atoms with E-state index in [1.165, 1.54) is 44.7 Å². The first-order valence-corrected chi connectivity index (χ1v) is 9.53. The van der Waals surface area contributed by atoms with Crippen molar-refractivity contribution < 1.29 is 9.13 Å². The highest BCUT2D eigenvalue weighted by atomic mass is 19.1. The molecule has 0 bridgehead atoms. The fourth-order valence-corrected chi connectivity index (χ4v) is 3.94. The van der Waals surface area contributed by atoms with E-state index < -0.39 is 5.82 Å². The Labute approximate surface area is 153 Å². The van der Waals surface area contributed by atoms with E-state index in [-0.39, 0.29) is 5.75 Å². The van der Waals surface area contributed by atoms with E-state index in [0.29, 0.717) is 11.9 Å². The van der Waals surface area contributed by atoms with E-state index >= 15 is 0 Å². The summed E-state index contributed by atoms with van der Waals surface area (Å²) in [6, 6.07) is 8.85. The van der Waals surface area contributed by atoms with Crippen LogP contribution >= 0.6 is 0 Å². The lowest BCUT2D eigenvalue weighted by Crippen LogP contribution is -2.46. The minimum absolute atomic E-state index is 0.181. The van der Waals surface area contributed by atoms with Gasteiger partial charge in [0.15, 0.2) is 11.6 Å². The summed E-state index contributed by atoms with van der Waals surface area (Å²) in [5.74, 6) is 1.01. The van der Waals surface area contributed by atoms with Crippen molar-refractivity contribution in [2.75, 3.05) is 31.1 Å². The predicted molar refractivity (Wildman–Crippen MR) is 99.2 cm³/mol. The van der Waals surface area contributed by atoms with Crippen molar-refractivity contribution in [3.05, 3.63) is 42.5 Å². The number of nitrogens with zero attached hydrogens (tertiary/aromatic N) is 4. The first kappa shape index (κ1) is 17.2. The summed E-state index contributed by atoms with van der Waals surface area (Å²) in [5.41, 5.74) is 0. The van der Waals surface area contributed by atoms with Crippen LogP contribution in [0.5, 0.6) is 11.6 Å². The van der Waals surface area contributed by atoms with Gasteiger partial charge in [-0.25, -0.2) is 14.4 Å².